The Labute approximate surface area is 140 Å². The number of aryl methyl sites for hydroxylation is 3. The monoisotopic (exact) mass is 330 g/mol. The molecule has 0 saturated heterocycles. The second-order valence-corrected chi connectivity index (χ2v) is 6.29. The summed E-state index contributed by atoms with van der Waals surface area (Å²) in [5, 5.41) is 17.7. The first-order chi connectivity index (χ1) is 11.4. The van der Waals surface area contributed by atoms with Crippen molar-refractivity contribution in [2.75, 3.05) is 13.7 Å². The minimum atomic E-state index is -1.07. The molecule has 1 aromatic carbocycles. The molecular formula is C18H22N2O4. The van der Waals surface area contributed by atoms with Crippen LogP contribution in [0.4, 0.5) is 0 Å². The van der Waals surface area contributed by atoms with E-state index in [9.17, 15) is 9.90 Å². The van der Waals surface area contributed by atoms with E-state index < -0.39 is 5.60 Å². The fourth-order valence-corrected chi connectivity index (χ4v) is 3.37. The molecule has 6 nitrogen and oxygen atoms in total. The molecule has 128 valence electrons. The van der Waals surface area contributed by atoms with E-state index in [1.54, 1.807) is 21.0 Å². The number of hydrogen-bond donors (Lipinski definition) is 2. The summed E-state index contributed by atoms with van der Waals surface area (Å²) in [6, 6.07) is 5.68. The minimum Gasteiger partial charge on any atom is -0.497 e. The summed E-state index contributed by atoms with van der Waals surface area (Å²) in [6.45, 7) is 3.57. The first-order valence-electron chi connectivity index (χ1n) is 8.05. The topological polar surface area (TPSA) is 84.6 Å². The van der Waals surface area contributed by atoms with E-state index >= 15 is 0 Å². The summed E-state index contributed by atoms with van der Waals surface area (Å²) in [7, 11) is 1.63. The van der Waals surface area contributed by atoms with Crippen LogP contribution in [0.15, 0.2) is 22.7 Å². The van der Waals surface area contributed by atoms with Crippen molar-refractivity contribution in [3.63, 3.8) is 0 Å². The molecule has 3 rings (SSSR count). The van der Waals surface area contributed by atoms with Crippen LogP contribution in [-0.2, 0) is 12.0 Å². The average Bonchev–Trinajstić information content (AvgIpc) is 2.91. The van der Waals surface area contributed by atoms with Gasteiger partial charge in [-0.25, -0.2) is 0 Å². The van der Waals surface area contributed by atoms with E-state index in [-0.39, 0.29) is 12.5 Å². The Hall–Kier alpha value is -2.34. The SMILES string of the molecule is COc1ccc2c(c1)CCC[C@@]2(O)CNC(=O)c1c(C)noc1C. The van der Waals surface area contributed by atoms with E-state index in [4.69, 9.17) is 9.26 Å². The molecule has 0 fully saturated rings. The highest BCUT2D eigenvalue weighted by Gasteiger charge is 2.35. The van der Waals surface area contributed by atoms with Crippen LogP contribution in [-0.4, -0.2) is 29.8 Å². The maximum Gasteiger partial charge on any atom is 0.256 e. The fourth-order valence-electron chi connectivity index (χ4n) is 3.37. The predicted molar refractivity (Wildman–Crippen MR) is 88.1 cm³/mol. The number of fused-ring (bicyclic) bond motifs is 1. The van der Waals surface area contributed by atoms with Crippen molar-refractivity contribution in [3.05, 3.63) is 46.3 Å². The molecule has 0 aliphatic heterocycles. The number of methoxy groups -OCH3 is 1. The van der Waals surface area contributed by atoms with Gasteiger partial charge in [-0.3, -0.25) is 4.79 Å². The van der Waals surface area contributed by atoms with Crippen LogP contribution in [0.5, 0.6) is 5.75 Å². The van der Waals surface area contributed by atoms with Gasteiger partial charge in [0.2, 0.25) is 0 Å². The molecule has 1 atom stereocenters. The molecule has 1 aliphatic rings. The van der Waals surface area contributed by atoms with Crippen LogP contribution >= 0.6 is 0 Å². The van der Waals surface area contributed by atoms with Crippen LogP contribution < -0.4 is 10.1 Å². The number of nitrogens with one attached hydrogen (secondary N) is 1. The Morgan fingerprint density at radius 1 is 1.46 bits per heavy atom. The molecule has 1 aliphatic carbocycles. The Morgan fingerprint density at radius 2 is 2.25 bits per heavy atom. The Balaban J connectivity index is 1.80. The van der Waals surface area contributed by atoms with E-state index in [1.807, 2.05) is 18.2 Å². The highest BCUT2D eigenvalue weighted by molar-refractivity contribution is 5.96. The van der Waals surface area contributed by atoms with Crippen LogP contribution in [0, 0.1) is 13.8 Å². The third kappa shape index (κ3) is 2.89. The van der Waals surface area contributed by atoms with E-state index in [0.29, 0.717) is 23.4 Å². The molecule has 24 heavy (non-hydrogen) atoms. The van der Waals surface area contributed by atoms with Crippen molar-refractivity contribution in [2.45, 2.75) is 38.7 Å². The van der Waals surface area contributed by atoms with Crippen molar-refractivity contribution < 1.29 is 19.2 Å². The number of carbonyl (C=O) groups is 1. The third-order valence-electron chi connectivity index (χ3n) is 4.65. The van der Waals surface area contributed by atoms with E-state index in [0.717, 1.165) is 29.7 Å². The highest BCUT2D eigenvalue weighted by Crippen LogP contribution is 2.36. The number of nitrogens with zero attached hydrogens (tertiary/aromatic N) is 1. The molecule has 6 heteroatoms. The second-order valence-electron chi connectivity index (χ2n) is 6.29. The average molecular weight is 330 g/mol. The summed E-state index contributed by atoms with van der Waals surface area (Å²) in [4.78, 5) is 12.4. The minimum absolute atomic E-state index is 0.148. The van der Waals surface area contributed by atoms with Crippen LogP contribution in [0.1, 0.15) is 45.8 Å². The zero-order valence-corrected chi connectivity index (χ0v) is 14.2. The van der Waals surface area contributed by atoms with Gasteiger partial charge in [0.15, 0.2) is 0 Å². The van der Waals surface area contributed by atoms with Crippen LogP contribution in [0.2, 0.25) is 0 Å². The standard InChI is InChI=1S/C18H22N2O4/c1-11-16(12(2)24-20-11)17(21)19-10-18(22)8-4-5-13-9-14(23-3)6-7-15(13)18/h6-7,9,22H,4-5,8,10H2,1-3H3,(H,19,21)/t18-/m1/s1. The van der Waals surface area contributed by atoms with Gasteiger partial charge in [-0.15, -0.1) is 0 Å². The van der Waals surface area contributed by atoms with Gasteiger partial charge >= 0.3 is 0 Å². The van der Waals surface area contributed by atoms with Gasteiger partial charge in [0.25, 0.3) is 5.91 Å². The van der Waals surface area contributed by atoms with Crippen molar-refractivity contribution in [1.82, 2.24) is 10.5 Å². The normalized spacial score (nSPS) is 19.7. The van der Waals surface area contributed by atoms with Gasteiger partial charge in [-0.05, 0) is 56.4 Å². The molecule has 0 saturated carbocycles. The number of rotatable bonds is 4. The summed E-state index contributed by atoms with van der Waals surface area (Å²) < 4.78 is 10.3. The van der Waals surface area contributed by atoms with Crippen molar-refractivity contribution >= 4 is 5.91 Å². The Morgan fingerprint density at radius 3 is 2.92 bits per heavy atom. The predicted octanol–water partition coefficient (Wildman–Crippen LogP) is 2.25. The number of amides is 1. The molecular weight excluding hydrogens is 308 g/mol. The van der Waals surface area contributed by atoms with E-state index in [2.05, 4.69) is 10.5 Å². The molecule has 0 radical (unpaired) electrons. The molecule has 2 N–H and O–H groups in total. The molecule has 1 heterocycles. The fraction of sp³-hybridized carbons (Fsp3) is 0.444. The van der Waals surface area contributed by atoms with Crippen molar-refractivity contribution in [1.29, 1.82) is 0 Å². The number of aromatic nitrogens is 1. The smallest absolute Gasteiger partial charge is 0.256 e. The molecule has 0 unspecified atom stereocenters. The molecule has 1 aromatic heterocycles. The van der Waals surface area contributed by atoms with Gasteiger partial charge < -0.3 is 19.7 Å². The first kappa shape index (κ1) is 16.5. The zero-order valence-electron chi connectivity index (χ0n) is 14.2. The Kier molecular flexibility index (Phi) is 4.32. The van der Waals surface area contributed by atoms with E-state index in [1.165, 1.54) is 0 Å². The van der Waals surface area contributed by atoms with Gasteiger partial charge in [0, 0.05) is 0 Å². The Bertz CT molecular complexity index is 749. The summed E-state index contributed by atoms with van der Waals surface area (Å²) in [5.74, 6) is 0.976. The van der Waals surface area contributed by atoms with Crippen molar-refractivity contribution in [3.8, 4) is 5.75 Å². The maximum absolute atomic E-state index is 12.4. The van der Waals surface area contributed by atoms with Gasteiger partial charge in [-0.2, -0.15) is 0 Å². The molecule has 0 bridgehead atoms. The van der Waals surface area contributed by atoms with Crippen molar-refractivity contribution in [2.24, 2.45) is 0 Å². The summed E-state index contributed by atoms with van der Waals surface area (Å²) in [5.41, 5.74) is 1.83. The largest absolute Gasteiger partial charge is 0.497 e. The molecule has 1 amide bonds. The lowest BCUT2D eigenvalue weighted by Gasteiger charge is -2.34. The number of benzene rings is 1. The number of carbonyl (C=O) groups excluding carboxylic acids is 1. The lowest BCUT2D eigenvalue weighted by atomic mass is 9.79. The second kappa shape index (κ2) is 6.28. The number of ether oxygens (including phenoxy) is 1. The van der Waals surface area contributed by atoms with Gasteiger partial charge in [0.1, 0.15) is 22.7 Å². The lowest BCUT2D eigenvalue weighted by molar-refractivity contribution is 0.0188. The third-order valence-corrected chi connectivity index (χ3v) is 4.65. The summed E-state index contributed by atoms with van der Waals surface area (Å²) in [6.07, 6.45) is 2.36. The summed E-state index contributed by atoms with van der Waals surface area (Å²) >= 11 is 0. The highest BCUT2D eigenvalue weighted by atomic mass is 16.5. The lowest BCUT2D eigenvalue weighted by Crippen LogP contribution is -2.43. The zero-order chi connectivity index (χ0) is 17.3. The van der Waals surface area contributed by atoms with Crippen LogP contribution in [0.25, 0.3) is 0 Å². The number of aliphatic hydroxyl groups is 1. The van der Waals surface area contributed by atoms with Gasteiger partial charge in [-0.1, -0.05) is 11.2 Å². The van der Waals surface area contributed by atoms with Gasteiger partial charge in [0.05, 0.1) is 19.3 Å². The first-order valence-corrected chi connectivity index (χ1v) is 8.05. The molecule has 2 aromatic rings. The maximum atomic E-state index is 12.4. The number of hydrogen-bond acceptors (Lipinski definition) is 5. The quantitative estimate of drug-likeness (QED) is 0.898. The van der Waals surface area contributed by atoms with Crippen LogP contribution in [0.3, 0.4) is 0 Å². The molecule has 0 spiro atoms.